The Morgan fingerprint density at radius 3 is 2.09 bits per heavy atom. The number of aryl methyl sites for hydroxylation is 4. The number of carbonyl (C=O) groups is 3. The quantitative estimate of drug-likeness (QED) is 0.216. The van der Waals surface area contributed by atoms with Crippen molar-refractivity contribution in [3.05, 3.63) is 64.2 Å². The number of alkyl carbamates (subject to hydrolysis) is 1. The summed E-state index contributed by atoms with van der Waals surface area (Å²) in [7, 11) is 0. The molecule has 43 heavy (non-hydrogen) atoms. The molecule has 2 aromatic rings. The maximum absolute atomic E-state index is 14.6. The van der Waals surface area contributed by atoms with Crippen LogP contribution >= 0.6 is 0 Å². The molecule has 0 radical (unpaired) electrons. The van der Waals surface area contributed by atoms with Crippen molar-refractivity contribution in [1.29, 1.82) is 0 Å². The number of nitrogens with zero attached hydrogens (tertiary/aromatic N) is 1. The van der Waals surface area contributed by atoms with Crippen LogP contribution in [-0.4, -0.2) is 41.0 Å². The molecule has 0 aliphatic heterocycles. The Morgan fingerprint density at radius 1 is 0.884 bits per heavy atom. The van der Waals surface area contributed by atoms with E-state index in [1.54, 1.807) is 25.7 Å². The average molecular weight is 594 g/mol. The Kier molecular flexibility index (Phi) is 13.7. The van der Waals surface area contributed by atoms with Gasteiger partial charge >= 0.3 is 6.09 Å². The van der Waals surface area contributed by atoms with Crippen LogP contribution in [0, 0.1) is 33.6 Å². The van der Waals surface area contributed by atoms with Crippen molar-refractivity contribution in [3.8, 4) is 0 Å². The van der Waals surface area contributed by atoms with Gasteiger partial charge in [-0.05, 0) is 89.5 Å². The zero-order valence-corrected chi connectivity index (χ0v) is 28.2. The summed E-state index contributed by atoms with van der Waals surface area (Å²) in [6.45, 7) is 19.9. The summed E-state index contributed by atoms with van der Waals surface area (Å²) in [5, 5.41) is 6.03. The van der Waals surface area contributed by atoms with Gasteiger partial charge in [-0.25, -0.2) is 4.79 Å². The lowest BCUT2D eigenvalue weighted by Gasteiger charge is -2.36. The minimum atomic E-state index is -0.882. The first-order valence-corrected chi connectivity index (χ1v) is 15.9. The normalized spacial score (nSPS) is 12.9. The number of carbonyl (C=O) groups excluding carboxylic acids is 3. The molecule has 0 saturated heterocycles. The van der Waals surface area contributed by atoms with Crippen LogP contribution in [0.2, 0.25) is 0 Å². The second kappa shape index (κ2) is 16.5. The summed E-state index contributed by atoms with van der Waals surface area (Å²) in [6, 6.07) is 10.2. The number of rotatable bonds is 14. The molecule has 7 nitrogen and oxygen atoms in total. The molecule has 3 amide bonds. The lowest BCUT2D eigenvalue weighted by molar-refractivity contribution is -0.141. The number of para-hydroxylation sites is 1. The van der Waals surface area contributed by atoms with Gasteiger partial charge in [0.2, 0.25) is 5.91 Å². The molecular weight excluding hydrogens is 538 g/mol. The average Bonchev–Trinajstić information content (AvgIpc) is 2.89. The molecule has 0 aliphatic rings. The van der Waals surface area contributed by atoms with E-state index in [9.17, 15) is 14.4 Å². The number of anilines is 1. The van der Waals surface area contributed by atoms with Crippen LogP contribution in [0.1, 0.15) is 114 Å². The van der Waals surface area contributed by atoms with Gasteiger partial charge in [0.1, 0.15) is 17.7 Å². The topological polar surface area (TPSA) is 87.7 Å². The summed E-state index contributed by atoms with van der Waals surface area (Å²) in [5.41, 5.74) is 4.67. The molecule has 7 heteroatoms. The Bertz CT molecular complexity index is 1210. The number of unbranched alkanes of at least 4 members (excludes halogenated alkanes) is 4. The third-order valence-electron chi connectivity index (χ3n) is 7.50. The lowest BCUT2D eigenvalue weighted by atomic mass is 9.94. The highest BCUT2D eigenvalue weighted by molar-refractivity contribution is 6.00. The van der Waals surface area contributed by atoms with E-state index in [4.69, 9.17) is 4.74 Å². The van der Waals surface area contributed by atoms with Crippen molar-refractivity contribution >= 4 is 23.6 Å². The van der Waals surface area contributed by atoms with Crippen LogP contribution in [0.4, 0.5) is 10.5 Å². The van der Waals surface area contributed by atoms with Gasteiger partial charge in [0.05, 0.1) is 0 Å². The number of benzene rings is 2. The van der Waals surface area contributed by atoms with E-state index < -0.39 is 23.8 Å². The molecule has 0 spiro atoms. The minimum absolute atomic E-state index is 0.123. The Hall–Kier alpha value is -3.35. The molecule has 0 saturated carbocycles. The molecule has 2 N–H and O–H groups in total. The molecule has 0 bridgehead atoms. The van der Waals surface area contributed by atoms with E-state index in [0.717, 1.165) is 65.6 Å². The highest BCUT2D eigenvalue weighted by Crippen LogP contribution is 2.30. The fraction of sp³-hybridized carbons (Fsp3) is 0.583. The summed E-state index contributed by atoms with van der Waals surface area (Å²) >= 11 is 0. The van der Waals surface area contributed by atoms with Crippen LogP contribution in [0.3, 0.4) is 0 Å². The molecule has 0 aromatic heterocycles. The first-order chi connectivity index (χ1) is 20.1. The third kappa shape index (κ3) is 11.3. The Labute approximate surface area is 260 Å². The second-order valence-electron chi connectivity index (χ2n) is 13.3. The Balaban J connectivity index is 2.63. The largest absolute Gasteiger partial charge is 0.444 e. The van der Waals surface area contributed by atoms with Crippen LogP contribution < -0.4 is 10.6 Å². The molecule has 2 atom stereocenters. The van der Waals surface area contributed by atoms with Gasteiger partial charge in [-0.1, -0.05) is 88.4 Å². The second-order valence-corrected chi connectivity index (χ2v) is 13.3. The van der Waals surface area contributed by atoms with E-state index in [2.05, 4.69) is 17.6 Å². The zero-order chi connectivity index (χ0) is 32.3. The number of hydrogen-bond donors (Lipinski definition) is 2. The minimum Gasteiger partial charge on any atom is -0.444 e. The first-order valence-electron chi connectivity index (χ1n) is 15.9. The smallest absolute Gasteiger partial charge is 0.408 e. The van der Waals surface area contributed by atoms with Crippen molar-refractivity contribution < 1.29 is 19.1 Å². The van der Waals surface area contributed by atoms with Crippen molar-refractivity contribution in [3.63, 3.8) is 0 Å². The van der Waals surface area contributed by atoms with Gasteiger partial charge in [-0.3, -0.25) is 9.59 Å². The highest BCUT2D eigenvalue weighted by atomic mass is 16.6. The molecule has 2 aromatic carbocycles. The maximum Gasteiger partial charge on any atom is 0.408 e. The van der Waals surface area contributed by atoms with E-state index in [1.807, 2.05) is 77.9 Å². The zero-order valence-electron chi connectivity index (χ0n) is 28.2. The summed E-state index contributed by atoms with van der Waals surface area (Å²) in [5.74, 6) is -0.427. The number of hydrogen-bond acceptors (Lipinski definition) is 4. The Morgan fingerprint density at radius 2 is 1.51 bits per heavy atom. The molecule has 0 aliphatic carbocycles. The molecule has 238 valence electrons. The van der Waals surface area contributed by atoms with Gasteiger partial charge in [-0.2, -0.15) is 0 Å². The standard InChI is InChI=1S/C36H55N3O4/c1-11-12-13-14-15-21-39(34(41)30(22-24(2)3)37-35(42)43-36(8,9)10)32(29-23-25(4)19-20-26(29)5)33(40)38-31-27(6)17-16-18-28(31)7/h16-20,23-24,30,32H,11-15,21-22H2,1-10H3,(H,37,42)(H,38,40). The number of ether oxygens (including phenoxy) is 1. The maximum atomic E-state index is 14.6. The van der Waals surface area contributed by atoms with Gasteiger partial charge in [0.15, 0.2) is 0 Å². The predicted octanol–water partition coefficient (Wildman–Crippen LogP) is 8.34. The SMILES string of the molecule is CCCCCCCN(C(=O)C(CC(C)C)NC(=O)OC(C)(C)C)C(C(=O)Nc1c(C)cccc1C)c1cc(C)ccc1C. The molecule has 2 rings (SSSR count). The van der Waals surface area contributed by atoms with Gasteiger partial charge in [0, 0.05) is 12.2 Å². The van der Waals surface area contributed by atoms with E-state index in [0.29, 0.717) is 13.0 Å². The summed E-state index contributed by atoms with van der Waals surface area (Å²) < 4.78 is 5.54. The van der Waals surface area contributed by atoms with Crippen LogP contribution in [0.15, 0.2) is 36.4 Å². The molecular formula is C36H55N3O4. The summed E-state index contributed by atoms with van der Waals surface area (Å²) in [4.78, 5) is 43.6. The van der Waals surface area contributed by atoms with E-state index in [-0.39, 0.29) is 17.7 Å². The van der Waals surface area contributed by atoms with Gasteiger partial charge < -0.3 is 20.3 Å². The van der Waals surface area contributed by atoms with Crippen LogP contribution in [-0.2, 0) is 14.3 Å². The molecule has 0 heterocycles. The molecule has 0 fully saturated rings. The van der Waals surface area contributed by atoms with E-state index in [1.165, 1.54) is 0 Å². The number of amides is 3. The molecule has 2 unspecified atom stereocenters. The lowest BCUT2D eigenvalue weighted by Crippen LogP contribution is -2.53. The van der Waals surface area contributed by atoms with Crippen molar-refractivity contribution in [2.24, 2.45) is 5.92 Å². The van der Waals surface area contributed by atoms with Crippen LogP contribution in [0.25, 0.3) is 0 Å². The first kappa shape index (κ1) is 35.8. The monoisotopic (exact) mass is 593 g/mol. The van der Waals surface area contributed by atoms with Crippen molar-refractivity contribution in [2.45, 2.75) is 125 Å². The van der Waals surface area contributed by atoms with Gasteiger partial charge in [0.25, 0.3) is 5.91 Å². The summed E-state index contributed by atoms with van der Waals surface area (Å²) in [6.07, 6.45) is 4.78. The third-order valence-corrected chi connectivity index (χ3v) is 7.50. The van der Waals surface area contributed by atoms with E-state index >= 15 is 0 Å². The van der Waals surface area contributed by atoms with Crippen LogP contribution in [0.5, 0.6) is 0 Å². The number of nitrogens with one attached hydrogen (secondary N) is 2. The fourth-order valence-electron chi connectivity index (χ4n) is 5.30. The fourth-order valence-corrected chi connectivity index (χ4v) is 5.30. The predicted molar refractivity (Wildman–Crippen MR) is 176 cm³/mol. The van der Waals surface area contributed by atoms with Gasteiger partial charge in [-0.15, -0.1) is 0 Å². The van der Waals surface area contributed by atoms with Crippen molar-refractivity contribution in [1.82, 2.24) is 10.2 Å². The van der Waals surface area contributed by atoms with Crippen molar-refractivity contribution in [2.75, 3.05) is 11.9 Å². The highest BCUT2D eigenvalue weighted by Gasteiger charge is 2.37.